The molecular formula is C8H18N4O3S2. The van der Waals surface area contributed by atoms with Crippen molar-refractivity contribution in [3.05, 3.63) is 0 Å². The third-order valence-electron chi connectivity index (χ3n) is 2.87. The smallest absolute Gasteiger partial charge is 0.213 e. The third kappa shape index (κ3) is 3.90. The summed E-state index contributed by atoms with van der Waals surface area (Å²) in [5.74, 6) is 4.29. The first-order chi connectivity index (χ1) is 7.86. The highest BCUT2D eigenvalue weighted by Crippen LogP contribution is 2.03. The molecule has 0 bridgehead atoms. The monoisotopic (exact) mass is 282 g/mol. The summed E-state index contributed by atoms with van der Waals surface area (Å²) in [4.78, 5) is 4.10. The molecule has 1 atom stereocenters. The van der Waals surface area contributed by atoms with Crippen molar-refractivity contribution in [1.82, 2.24) is 19.2 Å². The highest BCUT2D eigenvalue weighted by molar-refractivity contribution is 7.98. The fraction of sp³-hybridized carbons (Fsp3) is 0.875. The van der Waals surface area contributed by atoms with Crippen LogP contribution in [0, 0.1) is 0 Å². The summed E-state index contributed by atoms with van der Waals surface area (Å²) >= 11 is 0. The maximum Gasteiger partial charge on any atom is 0.213 e. The van der Waals surface area contributed by atoms with Crippen LogP contribution in [0.3, 0.4) is 0 Å². The molecule has 2 fully saturated rings. The Morgan fingerprint density at radius 2 is 1.59 bits per heavy atom. The topological polar surface area (TPSA) is 81.8 Å². The minimum Gasteiger partial charge on any atom is -0.276 e. The van der Waals surface area contributed by atoms with Gasteiger partial charge in [0.1, 0.15) is 0 Å². The van der Waals surface area contributed by atoms with E-state index in [1.54, 1.807) is 0 Å². The zero-order valence-electron chi connectivity index (χ0n) is 9.59. The molecule has 0 spiro atoms. The third-order valence-corrected chi connectivity index (χ3v) is 5.66. The molecule has 17 heavy (non-hydrogen) atoms. The van der Waals surface area contributed by atoms with E-state index < -0.39 is 19.7 Å². The summed E-state index contributed by atoms with van der Waals surface area (Å²) in [6, 6.07) is 0. The Bertz CT molecular complexity index is 401. The fourth-order valence-electron chi connectivity index (χ4n) is 1.75. The number of hydrogen-bond donors (Lipinski definition) is 2. The number of nitrogens with one attached hydrogen (secondary N) is 2. The Morgan fingerprint density at radius 3 is 2.06 bits per heavy atom. The van der Waals surface area contributed by atoms with Crippen molar-refractivity contribution in [2.45, 2.75) is 0 Å². The Morgan fingerprint density at radius 1 is 1.00 bits per heavy atom. The molecule has 2 heterocycles. The van der Waals surface area contributed by atoms with Crippen molar-refractivity contribution in [3.63, 3.8) is 0 Å². The van der Waals surface area contributed by atoms with Gasteiger partial charge < -0.3 is 0 Å². The van der Waals surface area contributed by atoms with Gasteiger partial charge in [0.25, 0.3) is 0 Å². The van der Waals surface area contributed by atoms with E-state index in [0.29, 0.717) is 32.3 Å². The predicted octanol–water partition coefficient (Wildman–Crippen LogP) is -2.37. The predicted molar refractivity (Wildman–Crippen MR) is 68.2 cm³/mol. The van der Waals surface area contributed by atoms with Crippen molar-refractivity contribution in [3.8, 4) is 0 Å². The van der Waals surface area contributed by atoms with Crippen LogP contribution in [0.5, 0.6) is 0 Å². The molecule has 0 aromatic carbocycles. The van der Waals surface area contributed by atoms with E-state index in [0.717, 1.165) is 6.54 Å². The molecule has 2 N–H and O–H groups in total. The minimum atomic E-state index is -3.06. The number of sulfonamides is 1. The van der Waals surface area contributed by atoms with Gasteiger partial charge in [0.15, 0.2) is 0 Å². The zero-order chi connectivity index (χ0) is 12.5. The molecule has 9 heteroatoms. The van der Waals surface area contributed by atoms with E-state index in [2.05, 4.69) is 20.2 Å². The quantitative estimate of drug-likeness (QED) is 0.553. The standard InChI is InChI=1S/C8H18N4O3S2/c1-16(13)4-2-11(6-9-16)8-12-3-5-17(14,15)10-7-12/h10H,1-8H2,(H,9,13). The lowest BCUT2D eigenvalue weighted by atomic mass is 10.5. The molecule has 0 aromatic heterocycles. The molecule has 0 radical (unpaired) electrons. The molecule has 100 valence electrons. The Kier molecular flexibility index (Phi) is 3.76. The Balaban J connectivity index is 1.80. The first-order valence-corrected chi connectivity index (χ1v) is 8.93. The first kappa shape index (κ1) is 13.2. The fourth-order valence-corrected chi connectivity index (χ4v) is 3.89. The summed E-state index contributed by atoms with van der Waals surface area (Å²) in [6.45, 7) is 2.80. The Labute approximate surface area is 102 Å². The maximum absolute atomic E-state index is 11.6. The highest BCUT2D eigenvalue weighted by Gasteiger charge is 2.24. The van der Waals surface area contributed by atoms with Crippen molar-refractivity contribution < 1.29 is 12.6 Å². The van der Waals surface area contributed by atoms with Crippen molar-refractivity contribution >= 4 is 25.6 Å². The summed E-state index contributed by atoms with van der Waals surface area (Å²) in [6.07, 6.45) is 0. The Hall–Kier alpha value is -0.190. The summed E-state index contributed by atoms with van der Waals surface area (Å²) < 4.78 is 39.3. The molecule has 0 aliphatic carbocycles. The minimum absolute atomic E-state index is 0.139. The molecule has 0 aromatic rings. The normalized spacial score (nSPS) is 35.8. The van der Waals surface area contributed by atoms with Gasteiger partial charge in [-0.05, 0) is 5.87 Å². The second-order valence-corrected chi connectivity index (χ2v) is 8.62. The van der Waals surface area contributed by atoms with E-state index in [1.165, 1.54) is 0 Å². The number of hydrogen-bond acceptors (Lipinski definition) is 5. The van der Waals surface area contributed by atoms with Crippen LogP contribution in [-0.4, -0.2) is 72.9 Å². The van der Waals surface area contributed by atoms with Crippen LogP contribution >= 0.6 is 0 Å². The first-order valence-electron chi connectivity index (χ1n) is 5.38. The molecular weight excluding hydrogens is 264 g/mol. The lowest BCUT2D eigenvalue weighted by Crippen LogP contribution is -2.55. The second kappa shape index (κ2) is 4.82. The summed E-state index contributed by atoms with van der Waals surface area (Å²) in [5.41, 5.74) is 0. The zero-order valence-corrected chi connectivity index (χ0v) is 11.2. The van der Waals surface area contributed by atoms with Gasteiger partial charge in [0.05, 0.1) is 25.8 Å². The van der Waals surface area contributed by atoms with Crippen LogP contribution < -0.4 is 9.44 Å². The van der Waals surface area contributed by atoms with E-state index in [4.69, 9.17) is 0 Å². The molecule has 0 amide bonds. The van der Waals surface area contributed by atoms with Gasteiger partial charge in [-0.15, -0.1) is 0 Å². The van der Waals surface area contributed by atoms with E-state index in [1.807, 2.05) is 4.90 Å². The number of nitrogens with zero attached hydrogens (tertiary/aromatic N) is 2. The lowest BCUT2D eigenvalue weighted by molar-refractivity contribution is 0.131. The summed E-state index contributed by atoms with van der Waals surface area (Å²) in [7, 11) is -5.15. The molecule has 2 saturated heterocycles. The van der Waals surface area contributed by atoms with Crippen molar-refractivity contribution in [2.75, 3.05) is 44.6 Å². The van der Waals surface area contributed by atoms with Gasteiger partial charge in [-0.25, -0.2) is 17.9 Å². The lowest BCUT2D eigenvalue weighted by Gasteiger charge is -2.35. The summed E-state index contributed by atoms with van der Waals surface area (Å²) in [5, 5.41) is 0. The average Bonchev–Trinajstić information content (AvgIpc) is 2.24. The molecule has 7 nitrogen and oxygen atoms in total. The highest BCUT2D eigenvalue weighted by atomic mass is 32.2. The SMILES string of the molecule is C=S1(=O)CCN(CN2CCS(=O)(=O)NC2)CN1. The average molecular weight is 282 g/mol. The van der Waals surface area contributed by atoms with Crippen molar-refractivity contribution in [2.24, 2.45) is 0 Å². The van der Waals surface area contributed by atoms with Crippen LogP contribution in [0.4, 0.5) is 0 Å². The second-order valence-electron chi connectivity index (χ2n) is 4.37. The van der Waals surface area contributed by atoms with Crippen molar-refractivity contribution in [1.29, 1.82) is 0 Å². The van der Waals surface area contributed by atoms with Gasteiger partial charge in [0.2, 0.25) is 10.0 Å². The van der Waals surface area contributed by atoms with Gasteiger partial charge in [0, 0.05) is 28.6 Å². The molecule has 2 aliphatic heterocycles. The van der Waals surface area contributed by atoms with Crippen LogP contribution in [0.25, 0.3) is 0 Å². The largest absolute Gasteiger partial charge is 0.276 e. The van der Waals surface area contributed by atoms with Crippen LogP contribution in [0.1, 0.15) is 0 Å². The maximum atomic E-state index is 11.6. The number of rotatable bonds is 2. The van der Waals surface area contributed by atoms with Gasteiger partial charge in [-0.3, -0.25) is 14.0 Å². The van der Waals surface area contributed by atoms with E-state index in [-0.39, 0.29) is 5.75 Å². The molecule has 1 unspecified atom stereocenters. The molecule has 2 aliphatic rings. The van der Waals surface area contributed by atoms with Gasteiger partial charge >= 0.3 is 0 Å². The van der Waals surface area contributed by atoms with Crippen LogP contribution in [-0.2, 0) is 19.7 Å². The van der Waals surface area contributed by atoms with E-state index in [9.17, 15) is 12.6 Å². The van der Waals surface area contributed by atoms with Crippen LogP contribution in [0.15, 0.2) is 0 Å². The van der Waals surface area contributed by atoms with Gasteiger partial charge in [-0.2, -0.15) is 0 Å². The molecule has 0 saturated carbocycles. The molecule has 2 rings (SSSR count). The van der Waals surface area contributed by atoms with E-state index >= 15 is 0 Å². The van der Waals surface area contributed by atoms with Crippen LogP contribution in [0.2, 0.25) is 0 Å². The van der Waals surface area contributed by atoms with Gasteiger partial charge in [-0.1, -0.05) is 0 Å².